The summed E-state index contributed by atoms with van der Waals surface area (Å²) in [5, 5.41) is 11.0. The van der Waals surface area contributed by atoms with Gasteiger partial charge in [0.25, 0.3) is 0 Å². The van der Waals surface area contributed by atoms with Gasteiger partial charge in [0.05, 0.1) is 39.5 Å². The SMILES string of the molecule is COc1c(C)c(OC)c(OCc2ccccc2)c2c1C=C1CN(C(=O)OCc3ccccc3)[C@H]3CCCO[C@H]3N1[C@H]2CO. The number of carbonyl (C=O) groups is 1. The molecule has 1 N–H and O–H groups in total. The van der Waals surface area contributed by atoms with Crippen molar-refractivity contribution in [2.45, 2.75) is 51.3 Å². The maximum absolute atomic E-state index is 13.5. The van der Waals surface area contributed by atoms with E-state index in [0.717, 1.165) is 46.4 Å². The number of hydrogen-bond donors (Lipinski definition) is 1. The molecule has 0 radical (unpaired) electrons. The van der Waals surface area contributed by atoms with Crippen molar-refractivity contribution in [1.82, 2.24) is 9.80 Å². The Morgan fingerprint density at radius 2 is 1.63 bits per heavy atom. The van der Waals surface area contributed by atoms with Crippen LogP contribution in [0, 0.1) is 6.92 Å². The van der Waals surface area contributed by atoms with E-state index < -0.39 is 12.3 Å². The maximum Gasteiger partial charge on any atom is 0.410 e. The van der Waals surface area contributed by atoms with Crippen molar-refractivity contribution in [3.05, 3.63) is 94.2 Å². The molecular weight excluding hydrogens is 548 g/mol. The Bertz CT molecular complexity index is 1480. The average Bonchev–Trinajstić information content (AvgIpc) is 3.05. The van der Waals surface area contributed by atoms with E-state index in [1.54, 1.807) is 19.1 Å². The minimum atomic E-state index is -0.516. The molecule has 3 aliphatic heterocycles. The van der Waals surface area contributed by atoms with Gasteiger partial charge in [0.15, 0.2) is 17.7 Å². The van der Waals surface area contributed by atoms with E-state index in [-0.39, 0.29) is 25.3 Å². The Morgan fingerprint density at radius 3 is 2.28 bits per heavy atom. The lowest BCUT2D eigenvalue weighted by Gasteiger charge is -2.54. The highest BCUT2D eigenvalue weighted by atomic mass is 16.6. The van der Waals surface area contributed by atoms with Crippen LogP contribution in [0.1, 0.15) is 46.7 Å². The van der Waals surface area contributed by atoms with Crippen molar-refractivity contribution in [3.8, 4) is 17.2 Å². The molecule has 226 valence electrons. The van der Waals surface area contributed by atoms with E-state index in [4.69, 9.17) is 23.7 Å². The third kappa shape index (κ3) is 5.39. The molecular formula is C34H38N2O7. The fraction of sp³-hybridized carbons (Fsp3) is 0.382. The topological polar surface area (TPSA) is 89.9 Å². The van der Waals surface area contributed by atoms with Gasteiger partial charge in [-0.05, 0) is 37.0 Å². The molecule has 2 saturated heterocycles. The number of fused-ring (bicyclic) bond motifs is 4. The number of carbonyl (C=O) groups excluding carboxylic acids is 1. The van der Waals surface area contributed by atoms with Crippen LogP contribution in [-0.4, -0.2) is 67.2 Å². The molecule has 0 aliphatic carbocycles. The number of rotatable bonds is 8. The van der Waals surface area contributed by atoms with E-state index >= 15 is 0 Å². The van der Waals surface area contributed by atoms with Gasteiger partial charge >= 0.3 is 6.09 Å². The first-order valence-electron chi connectivity index (χ1n) is 14.7. The number of aliphatic hydroxyl groups is 1. The molecule has 0 unspecified atom stereocenters. The molecule has 9 heteroatoms. The number of amides is 1. The van der Waals surface area contributed by atoms with Gasteiger partial charge in [-0.3, -0.25) is 4.90 Å². The molecule has 1 amide bonds. The summed E-state index contributed by atoms with van der Waals surface area (Å²) in [6.45, 7) is 3.11. The molecule has 3 aromatic carbocycles. The average molecular weight is 587 g/mol. The highest BCUT2D eigenvalue weighted by molar-refractivity contribution is 5.77. The van der Waals surface area contributed by atoms with E-state index in [9.17, 15) is 9.90 Å². The summed E-state index contributed by atoms with van der Waals surface area (Å²) in [7, 11) is 3.24. The van der Waals surface area contributed by atoms with E-state index in [1.807, 2.05) is 73.7 Å². The maximum atomic E-state index is 13.5. The van der Waals surface area contributed by atoms with Crippen molar-refractivity contribution < 1.29 is 33.6 Å². The molecule has 3 aromatic rings. The summed E-state index contributed by atoms with van der Waals surface area (Å²) in [4.78, 5) is 17.4. The Hall–Kier alpha value is -4.21. The van der Waals surface area contributed by atoms with Crippen LogP contribution < -0.4 is 14.2 Å². The van der Waals surface area contributed by atoms with Crippen LogP contribution in [0.4, 0.5) is 4.79 Å². The second-order valence-corrected chi connectivity index (χ2v) is 11.0. The van der Waals surface area contributed by atoms with E-state index in [0.29, 0.717) is 37.0 Å². The molecule has 0 bridgehead atoms. The van der Waals surface area contributed by atoms with Gasteiger partial charge in [0.1, 0.15) is 19.0 Å². The molecule has 0 aromatic heterocycles. The smallest absolute Gasteiger partial charge is 0.410 e. The van der Waals surface area contributed by atoms with Crippen LogP contribution in [0.2, 0.25) is 0 Å². The predicted molar refractivity (Wildman–Crippen MR) is 161 cm³/mol. The molecule has 3 heterocycles. The number of aliphatic hydroxyl groups excluding tert-OH is 1. The Morgan fingerprint density at radius 1 is 0.953 bits per heavy atom. The largest absolute Gasteiger partial charge is 0.496 e. The van der Waals surface area contributed by atoms with Crippen LogP contribution >= 0.6 is 0 Å². The van der Waals surface area contributed by atoms with Gasteiger partial charge in [-0.25, -0.2) is 4.79 Å². The Balaban J connectivity index is 1.41. The first-order chi connectivity index (χ1) is 21.0. The molecule has 2 fully saturated rings. The minimum Gasteiger partial charge on any atom is -0.496 e. The van der Waals surface area contributed by atoms with Crippen LogP contribution in [-0.2, 0) is 22.7 Å². The van der Waals surface area contributed by atoms with Crippen molar-refractivity contribution in [1.29, 1.82) is 0 Å². The predicted octanol–water partition coefficient (Wildman–Crippen LogP) is 5.44. The first kappa shape index (κ1) is 28.9. The summed E-state index contributed by atoms with van der Waals surface area (Å²) in [5.41, 5.74) is 5.13. The number of methoxy groups -OCH3 is 2. The van der Waals surface area contributed by atoms with Gasteiger partial charge in [-0.2, -0.15) is 0 Å². The standard InChI is InChI=1S/C34H38N2O7/c1-22-30(39-2)26-17-25-18-35(34(38)43-21-24-13-8-5-9-14-24)27-15-10-16-41-33(27)36(25)28(19-37)29(26)32(31(22)40-3)42-20-23-11-6-4-7-12-23/h4-9,11-14,17,27-28,33,37H,10,15-16,18-21H2,1-3H3/t27-,28-,33+/m0/s1. The van der Waals surface area contributed by atoms with Crippen molar-refractivity contribution in [3.63, 3.8) is 0 Å². The lowest BCUT2D eigenvalue weighted by Crippen LogP contribution is -2.63. The third-order valence-corrected chi connectivity index (χ3v) is 8.49. The van der Waals surface area contributed by atoms with Crippen LogP contribution in [0.15, 0.2) is 66.4 Å². The highest BCUT2D eigenvalue weighted by Crippen LogP contribution is 2.53. The summed E-state index contributed by atoms with van der Waals surface area (Å²) >= 11 is 0. The van der Waals surface area contributed by atoms with Gasteiger partial charge < -0.3 is 33.7 Å². The number of benzene rings is 3. The zero-order chi connectivity index (χ0) is 29.9. The van der Waals surface area contributed by atoms with Crippen LogP contribution in [0.25, 0.3) is 6.08 Å². The number of nitrogens with zero attached hydrogens (tertiary/aromatic N) is 2. The molecule has 6 rings (SSSR count). The van der Waals surface area contributed by atoms with Gasteiger partial charge in [-0.15, -0.1) is 0 Å². The second-order valence-electron chi connectivity index (χ2n) is 11.0. The van der Waals surface area contributed by atoms with E-state index in [2.05, 4.69) is 4.90 Å². The zero-order valence-corrected chi connectivity index (χ0v) is 24.8. The third-order valence-electron chi connectivity index (χ3n) is 8.49. The fourth-order valence-corrected chi connectivity index (χ4v) is 6.55. The fourth-order valence-electron chi connectivity index (χ4n) is 6.55. The highest BCUT2D eigenvalue weighted by Gasteiger charge is 2.49. The molecule has 3 atom stereocenters. The second kappa shape index (κ2) is 12.6. The molecule has 0 spiro atoms. The van der Waals surface area contributed by atoms with Crippen molar-refractivity contribution in [2.24, 2.45) is 0 Å². The van der Waals surface area contributed by atoms with Crippen molar-refractivity contribution >= 4 is 12.2 Å². The summed E-state index contributed by atoms with van der Waals surface area (Å²) < 4.78 is 30.5. The number of hydrogen-bond acceptors (Lipinski definition) is 8. The monoisotopic (exact) mass is 586 g/mol. The number of ether oxygens (including phenoxy) is 5. The van der Waals surface area contributed by atoms with Gasteiger partial charge in [-0.1, -0.05) is 60.7 Å². The minimum absolute atomic E-state index is 0.189. The van der Waals surface area contributed by atoms with Gasteiger partial charge in [0.2, 0.25) is 0 Å². The molecule has 43 heavy (non-hydrogen) atoms. The lowest BCUT2D eigenvalue weighted by atomic mass is 9.87. The number of piperazine rings is 1. The summed E-state index contributed by atoms with van der Waals surface area (Å²) in [6, 6.07) is 18.8. The van der Waals surface area contributed by atoms with Crippen LogP contribution in [0.3, 0.4) is 0 Å². The molecule has 3 aliphatic rings. The quantitative estimate of drug-likeness (QED) is 0.373. The summed E-state index contributed by atoms with van der Waals surface area (Å²) in [6.07, 6.45) is 2.75. The lowest BCUT2D eigenvalue weighted by molar-refractivity contribution is -0.153. The van der Waals surface area contributed by atoms with Crippen molar-refractivity contribution in [2.75, 3.05) is 34.0 Å². The molecule has 0 saturated carbocycles. The normalized spacial score (nSPS) is 20.7. The Labute approximate surface area is 252 Å². The zero-order valence-electron chi connectivity index (χ0n) is 24.8. The van der Waals surface area contributed by atoms with E-state index in [1.165, 1.54) is 0 Å². The first-order valence-corrected chi connectivity index (χ1v) is 14.7. The van der Waals surface area contributed by atoms with Crippen LogP contribution in [0.5, 0.6) is 17.2 Å². The summed E-state index contributed by atoms with van der Waals surface area (Å²) in [5.74, 6) is 1.76. The van der Waals surface area contributed by atoms with Gasteiger partial charge in [0, 0.05) is 29.0 Å². The molecule has 9 nitrogen and oxygen atoms in total. The Kier molecular flexibility index (Phi) is 8.44.